The van der Waals surface area contributed by atoms with E-state index in [1.807, 2.05) is 18.7 Å². The molecule has 170 valence electrons. The van der Waals surface area contributed by atoms with Gasteiger partial charge in [0, 0.05) is 36.1 Å². The van der Waals surface area contributed by atoms with E-state index in [1.165, 1.54) is 5.56 Å². The Balaban J connectivity index is 0.00000272. The van der Waals surface area contributed by atoms with Crippen LogP contribution in [-0.4, -0.2) is 62.1 Å². The maximum atomic E-state index is 11.6. The number of benzene rings is 1. The second-order valence-electron chi connectivity index (χ2n) is 8.49. The molecule has 1 aliphatic heterocycles. The SMILES string of the molecule is Cc1nc(C2CCC(N3C[C@H](C(=O)O)OC[C@@H]3Cc3ccc(Br)cc3)CC2)nn1C.Cl. The highest BCUT2D eigenvalue weighted by atomic mass is 79.9. The van der Waals surface area contributed by atoms with Gasteiger partial charge in [0.25, 0.3) is 0 Å². The van der Waals surface area contributed by atoms with Gasteiger partial charge in [-0.25, -0.2) is 9.78 Å². The van der Waals surface area contributed by atoms with Crippen molar-refractivity contribution >= 4 is 34.3 Å². The van der Waals surface area contributed by atoms with E-state index in [9.17, 15) is 9.90 Å². The van der Waals surface area contributed by atoms with E-state index in [-0.39, 0.29) is 18.4 Å². The number of aromatic nitrogens is 3. The van der Waals surface area contributed by atoms with Gasteiger partial charge in [0.1, 0.15) is 5.82 Å². The fourth-order valence-corrected chi connectivity index (χ4v) is 4.97. The minimum absolute atomic E-state index is 0. The predicted octanol–water partition coefficient (Wildman–Crippen LogP) is 3.73. The number of rotatable bonds is 5. The molecule has 2 heterocycles. The quantitative estimate of drug-likeness (QED) is 0.656. The average molecular weight is 514 g/mol. The molecule has 2 fully saturated rings. The van der Waals surface area contributed by atoms with Crippen molar-refractivity contribution in [2.75, 3.05) is 13.2 Å². The summed E-state index contributed by atoms with van der Waals surface area (Å²) >= 11 is 3.49. The van der Waals surface area contributed by atoms with Crippen molar-refractivity contribution in [3.8, 4) is 0 Å². The van der Waals surface area contributed by atoms with Gasteiger partial charge in [0.15, 0.2) is 11.9 Å². The third-order valence-electron chi connectivity index (χ3n) is 6.52. The van der Waals surface area contributed by atoms with Crippen molar-refractivity contribution in [1.29, 1.82) is 0 Å². The Bertz CT molecular complexity index is 864. The fourth-order valence-electron chi connectivity index (χ4n) is 4.71. The van der Waals surface area contributed by atoms with Crippen LogP contribution in [0.2, 0.25) is 0 Å². The zero-order valence-corrected chi connectivity index (χ0v) is 20.3. The molecule has 0 spiro atoms. The molecular weight excluding hydrogens is 484 g/mol. The summed E-state index contributed by atoms with van der Waals surface area (Å²) in [6.45, 7) is 2.88. The highest BCUT2D eigenvalue weighted by Gasteiger charge is 2.38. The number of hydrogen-bond donors (Lipinski definition) is 1. The number of carboxylic acids is 1. The Morgan fingerprint density at radius 3 is 2.48 bits per heavy atom. The lowest BCUT2D eigenvalue weighted by Gasteiger charge is -2.45. The van der Waals surface area contributed by atoms with Crippen molar-refractivity contribution in [2.24, 2.45) is 7.05 Å². The minimum atomic E-state index is -0.871. The van der Waals surface area contributed by atoms with Gasteiger partial charge in [-0.3, -0.25) is 9.58 Å². The first-order valence-electron chi connectivity index (χ1n) is 10.6. The largest absolute Gasteiger partial charge is 0.479 e. The van der Waals surface area contributed by atoms with E-state index in [0.29, 0.717) is 25.1 Å². The Labute approximate surface area is 197 Å². The molecule has 0 unspecified atom stereocenters. The third kappa shape index (κ3) is 5.66. The van der Waals surface area contributed by atoms with E-state index in [1.54, 1.807) is 0 Å². The van der Waals surface area contributed by atoms with Gasteiger partial charge in [0.2, 0.25) is 0 Å². The average Bonchev–Trinajstić information content (AvgIpc) is 3.08. The lowest BCUT2D eigenvalue weighted by Crippen LogP contribution is -2.57. The number of halogens is 2. The van der Waals surface area contributed by atoms with Crippen molar-refractivity contribution in [1.82, 2.24) is 19.7 Å². The molecule has 1 aromatic carbocycles. The number of aliphatic carboxylic acids is 1. The lowest BCUT2D eigenvalue weighted by molar-refractivity contribution is -0.162. The zero-order chi connectivity index (χ0) is 21.3. The van der Waals surface area contributed by atoms with Crippen molar-refractivity contribution in [3.05, 3.63) is 46.0 Å². The van der Waals surface area contributed by atoms with Gasteiger partial charge < -0.3 is 9.84 Å². The van der Waals surface area contributed by atoms with Crippen LogP contribution in [0.4, 0.5) is 0 Å². The van der Waals surface area contributed by atoms with Crippen LogP contribution in [-0.2, 0) is 23.0 Å². The Kier molecular flexibility index (Phi) is 8.13. The molecule has 7 nitrogen and oxygen atoms in total. The highest BCUT2D eigenvalue weighted by Crippen LogP contribution is 2.35. The monoisotopic (exact) mass is 512 g/mol. The molecule has 0 amide bonds. The number of carboxylic acid groups (broad SMARTS) is 1. The normalized spacial score (nSPS) is 26.9. The minimum Gasteiger partial charge on any atom is -0.479 e. The van der Waals surface area contributed by atoms with Crippen LogP contribution >= 0.6 is 28.3 Å². The van der Waals surface area contributed by atoms with E-state index in [0.717, 1.165) is 48.2 Å². The maximum absolute atomic E-state index is 11.6. The van der Waals surface area contributed by atoms with Crippen LogP contribution < -0.4 is 0 Å². The Morgan fingerprint density at radius 2 is 1.90 bits per heavy atom. The Hall–Kier alpha value is -1.48. The standard InChI is InChI=1S/C22H29BrN4O3.ClH/c1-14-24-21(25-26(14)2)16-5-9-18(10-6-16)27-12-20(22(28)29)30-13-19(27)11-15-3-7-17(23)8-4-15;/h3-4,7-8,16,18-20H,5-6,9-13H2,1-2H3,(H,28,29);1H/t16?,18?,19-,20+;/m0./s1. The maximum Gasteiger partial charge on any atom is 0.334 e. The molecule has 1 aliphatic carbocycles. The highest BCUT2D eigenvalue weighted by molar-refractivity contribution is 9.10. The first kappa shape index (κ1) is 24.2. The Morgan fingerprint density at radius 1 is 1.23 bits per heavy atom. The van der Waals surface area contributed by atoms with Gasteiger partial charge >= 0.3 is 5.97 Å². The summed E-state index contributed by atoms with van der Waals surface area (Å²) in [5.74, 6) is 1.41. The van der Waals surface area contributed by atoms with Crippen molar-refractivity contribution < 1.29 is 14.6 Å². The summed E-state index contributed by atoms with van der Waals surface area (Å²) in [7, 11) is 1.93. The second-order valence-corrected chi connectivity index (χ2v) is 9.40. The van der Waals surface area contributed by atoms with Crippen LogP contribution in [0.3, 0.4) is 0 Å². The molecule has 2 aromatic rings. The molecule has 4 rings (SSSR count). The first-order valence-corrected chi connectivity index (χ1v) is 11.4. The third-order valence-corrected chi connectivity index (χ3v) is 7.05. The molecule has 1 aromatic heterocycles. The van der Waals surface area contributed by atoms with Gasteiger partial charge in [0.05, 0.1) is 6.61 Å². The molecular formula is C22H30BrClN4O3. The topological polar surface area (TPSA) is 80.5 Å². The van der Waals surface area contributed by atoms with Gasteiger partial charge in [-0.15, -0.1) is 12.4 Å². The van der Waals surface area contributed by atoms with Crippen LogP contribution in [0.25, 0.3) is 0 Å². The predicted molar refractivity (Wildman–Crippen MR) is 124 cm³/mol. The second kappa shape index (κ2) is 10.4. The van der Waals surface area contributed by atoms with E-state index in [4.69, 9.17) is 4.74 Å². The van der Waals surface area contributed by atoms with Crippen LogP contribution in [0.15, 0.2) is 28.7 Å². The number of ether oxygens (including phenoxy) is 1. The zero-order valence-electron chi connectivity index (χ0n) is 17.9. The molecule has 0 radical (unpaired) electrons. The molecule has 9 heteroatoms. The summed E-state index contributed by atoms with van der Waals surface area (Å²) in [5, 5.41) is 14.1. The van der Waals surface area contributed by atoms with Crippen LogP contribution in [0.5, 0.6) is 0 Å². The van der Waals surface area contributed by atoms with Crippen LogP contribution in [0, 0.1) is 6.92 Å². The lowest BCUT2D eigenvalue weighted by atomic mass is 9.83. The first-order chi connectivity index (χ1) is 14.4. The molecule has 1 N–H and O–H groups in total. The summed E-state index contributed by atoms with van der Waals surface area (Å²) < 4.78 is 8.61. The summed E-state index contributed by atoms with van der Waals surface area (Å²) in [5.41, 5.74) is 1.24. The molecule has 2 atom stereocenters. The number of hydrogen-bond acceptors (Lipinski definition) is 5. The van der Waals surface area contributed by atoms with Crippen molar-refractivity contribution in [3.63, 3.8) is 0 Å². The fraction of sp³-hybridized carbons (Fsp3) is 0.591. The van der Waals surface area contributed by atoms with Gasteiger partial charge in [-0.2, -0.15) is 5.10 Å². The van der Waals surface area contributed by atoms with Crippen LogP contribution in [0.1, 0.15) is 48.8 Å². The summed E-state index contributed by atoms with van der Waals surface area (Å²) in [4.78, 5) is 18.6. The molecule has 1 saturated carbocycles. The summed E-state index contributed by atoms with van der Waals surface area (Å²) in [6, 6.07) is 8.91. The smallest absolute Gasteiger partial charge is 0.334 e. The number of nitrogens with zero attached hydrogens (tertiary/aromatic N) is 4. The molecule has 1 saturated heterocycles. The van der Waals surface area contributed by atoms with E-state index in [2.05, 4.69) is 55.2 Å². The van der Waals surface area contributed by atoms with Crippen molar-refractivity contribution in [2.45, 2.75) is 63.1 Å². The molecule has 2 aliphatic rings. The van der Waals surface area contributed by atoms with E-state index < -0.39 is 12.1 Å². The summed E-state index contributed by atoms with van der Waals surface area (Å²) in [6.07, 6.45) is 4.25. The van der Waals surface area contributed by atoms with E-state index >= 15 is 0 Å². The van der Waals surface area contributed by atoms with Gasteiger partial charge in [-0.1, -0.05) is 28.1 Å². The number of aryl methyl sites for hydroxylation is 2. The number of carbonyl (C=O) groups is 1. The molecule has 0 bridgehead atoms. The number of morpholine rings is 1. The molecule has 31 heavy (non-hydrogen) atoms. The van der Waals surface area contributed by atoms with Gasteiger partial charge in [-0.05, 0) is 56.7 Å².